The van der Waals surface area contributed by atoms with Crippen LogP contribution in [-0.4, -0.2) is 26.6 Å². The first-order valence-corrected chi connectivity index (χ1v) is 13.3. The zero-order chi connectivity index (χ0) is 24.4. The molecule has 2 heterocycles. The number of nitrogens with one attached hydrogen (secondary N) is 2. The maximum atomic E-state index is 13.1. The highest BCUT2D eigenvalue weighted by Crippen LogP contribution is 2.35. The number of hydrogen-bond acceptors (Lipinski definition) is 5. The molecule has 0 atom stereocenters. The number of fused-ring (bicyclic) bond motifs is 2. The molecule has 4 aromatic rings. The SMILES string of the molecule is CCn1c(C)nc2cc(C(=O)NNC(=O)c3oc4ccccc4c3CSC3CCCCC3)ccc21. The quantitative estimate of drug-likeness (QED) is 0.336. The number of nitrogens with zero attached hydrogens (tertiary/aromatic N) is 2. The topological polar surface area (TPSA) is 89.2 Å². The summed E-state index contributed by atoms with van der Waals surface area (Å²) in [7, 11) is 0. The molecule has 7 nitrogen and oxygen atoms in total. The molecule has 0 radical (unpaired) electrons. The lowest BCUT2D eigenvalue weighted by atomic mass is 10.0. The summed E-state index contributed by atoms with van der Waals surface area (Å²) in [6.45, 7) is 4.81. The summed E-state index contributed by atoms with van der Waals surface area (Å²) in [5.41, 5.74) is 8.79. The molecule has 0 unspecified atom stereocenters. The van der Waals surface area contributed by atoms with E-state index in [0.29, 0.717) is 22.1 Å². The zero-order valence-electron chi connectivity index (χ0n) is 20.1. The van der Waals surface area contributed by atoms with Gasteiger partial charge in [0.15, 0.2) is 5.76 Å². The van der Waals surface area contributed by atoms with Gasteiger partial charge >= 0.3 is 5.91 Å². The number of benzene rings is 2. The number of furan rings is 1. The predicted molar refractivity (Wildman–Crippen MR) is 139 cm³/mol. The summed E-state index contributed by atoms with van der Waals surface area (Å²) in [6, 6.07) is 13.1. The van der Waals surface area contributed by atoms with Crippen molar-refractivity contribution in [1.82, 2.24) is 20.4 Å². The minimum Gasteiger partial charge on any atom is -0.451 e. The molecule has 1 fully saturated rings. The lowest BCUT2D eigenvalue weighted by Gasteiger charge is -2.20. The van der Waals surface area contributed by atoms with Gasteiger partial charge < -0.3 is 8.98 Å². The Morgan fingerprint density at radius 3 is 2.66 bits per heavy atom. The van der Waals surface area contributed by atoms with Crippen LogP contribution in [0.15, 0.2) is 46.9 Å². The number of aromatic nitrogens is 2. The second-order valence-electron chi connectivity index (χ2n) is 8.99. The Morgan fingerprint density at radius 2 is 1.86 bits per heavy atom. The summed E-state index contributed by atoms with van der Waals surface area (Å²) in [6.07, 6.45) is 6.29. The number of carbonyl (C=O) groups is 2. The van der Waals surface area contributed by atoms with Gasteiger partial charge in [0.2, 0.25) is 0 Å². The molecule has 1 aliphatic carbocycles. The van der Waals surface area contributed by atoms with Crippen molar-refractivity contribution in [3.05, 3.63) is 65.2 Å². The van der Waals surface area contributed by atoms with E-state index < -0.39 is 11.8 Å². The molecule has 0 saturated heterocycles. The number of thioether (sulfide) groups is 1. The van der Waals surface area contributed by atoms with E-state index >= 15 is 0 Å². The van der Waals surface area contributed by atoms with Crippen LogP contribution in [0.25, 0.3) is 22.0 Å². The highest BCUT2D eigenvalue weighted by molar-refractivity contribution is 7.99. The lowest BCUT2D eigenvalue weighted by Crippen LogP contribution is -2.41. The average molecular weight is 491 g/mol. The molecule has 2 aromatic carbocycles. The molecule has 8 heteroatoms. The third kappa shape index (κ3) is 4.80. The van der Waals surface area contributed by atoms with E-state index in [4.69, 9.17) is 4.42 Å². The third-order valence-electron chi connectivity index (χ3n) is 6.73. The Balaban J connectivity index is 1.31. The molecule has 0 aliphatic heterocycles. The van der Waals surface area contributed by atoms with Crippen molar-refractivity contribution in [2.75, 3.05) is 0 Å². The maximum Gasteiger partial charge on any atom is 0.305 e. The van der Waals surface area contributed by atoms with E-state index in [-0.39, 0.29) is 5.76 Å². The van der Waals surface area contributed by atoms with E-state index in [1.807, 2.05) is 49.0 Å². The number of aryl methyl sites for hydroxylation is 2. The Hall–Kier alpha value is -3.26. The van der Waals surface area contributed by atoms with Crippen molar-refractivity contribution in [3.63, 3.8) is 0 Å². The largest absolute Gasteiger partial charge is 0.451 e. The van der Waals surface area contributed by atoms with E-state index in [0.717, 1.165) is 34.4 Å². The van der Waals surface area contributed by atoms with E-state index in [1.165, 1.54) is 32.1 Å². The number of amides is 2. The van der Waals surface area contributed by atoms with Crippen molar-refractivity contribution in [2.45, 2.75) is 63.5 Å². The summed E-state index contributed by atoms with van der Waals surface area (Å²) >= 11 is 1.89. The molecule has 0 spiro atoms. The molecule has 5 rings (SSSR count). The van der Waals surface area contributed by atoms with Crippen molar-refractivity contribution in [3.8, 4) is 0 Å². The van der Waals surface area contributed by atoms with Gasteiger partial charge in [-0.05, 0) is 51.0 Å². The van der Waals surface area contributed by atoms with Crippen LogP contribution in [-0.2, 0) is 12.3 Å². The first-order chi connectivity index (χ1) is 17.0. The molecular weight excluding hydrogens is 460 g/mol. The van der Waals surface area contributed by atoms with E-state index in [2.05, 4.69) is 27.3 Å². The smallest absolute Gasteiger partial charge is 0.305 e. The fourth-order valence-corrected chi connectivity index (χ4v) is 6.25. The summed E-state index contributed by atoms with van der Waals surface area (Å²) < 4.78 is 8.03. The van der Waals surface area contributed by atoms with E-state index in [9.17, 15) is 9.59 Å². The number of hydrazine groups is 1. The molecule has 1 saturated carbocycles. The Kier molecular flexibility index (Phi) is 6.81. The van der Waals surface area contributed by atoms with Crippen LogP contribution < -0.4 is 10.9 Å². The highest BCUT2D eigenvalue weighted by atomic mass is 32.2. The number of rotatable bonds is 6. The normalized spacial score (nSPS) is 14.5. The maximum absolute atomic E-state index is 13.1. The lowest BCUT2D eigenvalue weighted by molar-refractivity contribution is 0.0831. The van der Waals surface area contributed by atoms with Gasteiger partial charge in [-0.3, -0.25) is 20.4 Å². The number of imidazole rings is 1. The summed E-state index contributed by atoms with van der Waals surface area (Å²) in [5.74, 6) is 0.993. The van der Waals surface area contributed by atoms with Gasteiger partial charge in [0.05, 0.1) is 11.0 Å². The van der Waals surface area contributed by atoms with Gasteiger partial charge in [-0.15, -0.1) is 0 Å². The molecule has 1 aliphatic rings. The third-order valence-corrected chi connectivity index (χ3v) is 8.13. The second kappa shape index (κ2) is 10.2. The minimum absolute atomic E-state index is 0.252. The highest BCUT2D eigenvalue weighted by Gasteiger charge is 2.23. The van der Waals surface area contributed by atoms with Crippen LogP contribution in [0.2, 0.25) is 0 Å². The number of para-hydroxylation sites is 1. The van der Waals surface area contributed by atoms with Gasteiger partial charge in [0.1, 0.15) is 11.4 Å². The molecular formula is C27H30N4O3S. The van der Waals surface area contributed by atoms with Crippen molar-refractivity contribution < 1.29 is 14.0 Å². The van der Waals surface area contributed by atoms with Crippen LogP contribution in [0.5, 0.6) is 0 Å². The van der Waals surface area contributed by atoms with E-state index in [1.54, 1.807) is 12.1 Å². The number of carbonyl (C=O) groups excluding carboxylic acids is 2. The molecule has 0 bridgehead atoms. The van der Waals surface area contributed by atoms with Crippen LogP contribution in [0, 0.1) is 6.92 Å². The Labute approximate surface area is 208 Å². The first kappa shape index (κ1) is 23.5. The fraction of sp³-hybridized carbons (Fsp3) is 0.370. The molecule has 2 aromatic heterocycles. The molecule has 2 N–H and O–H groups in total. The van der Waals surface area contributed by atoms with Crippen molar-refractivity contribution >= 4 is 45.6 Å². The first-order valence-electron chi connectivity index (χ1n) is 12.2. The Morgan fingerprint density at radius 1 is 1.09 bits per heavy atom. The van der Waals surface area contributed by atoms with Gasteiger partial charge in [-0.2, -0.15) is 11.8 Å². The summed E-state index contributed by atoms with van der Waals surface area (Å²) in [5, 5.41) is 1.56. The Bertz CT molecular complexity index is 1380. The minimum atomic E-state index is -0.457. The van der Waals surface area contributed by atoms with Crippen LogP contribution in [0.1, 0.15) is 71.3 Å². The zero-order valence-corrected chi connectivity index (χ0v) is 20.9. The molecule has 2 amide bonds. The molecule has 182 valence electrons. The van der Waals surface area contributed by atoms with Crippen LogP contribution in [0.3, 0.4) is 0 Å². The van der Waals surface area contributed by atoms with Gasteiger partial charge in [-0.1, -0.05) is 37.5 Å². The van der Waals surface area contributed by atoms with Gasteiger partial charge in [0, 0.05) is 34.1 Å². The molecule has 35 heavy (non-hydrogen) atoms. The average Bonchev–Trinajstić information content (AvgIpc) is 3.42. The van der Waals surface area contributed by atoms with Crippen LogP contribution >= 0.6 is 11.8 Å². The van der Waals surface area contributed by atoms with Crippen LogP contribution in [0.4, 0.5) is 0 Å². The van der Waals surface area contributed by atoms with Gasteiger partial charge in [0.25, 0.3) is 5.91 Å². The van der Waals surface area contributed by atoms with Crippen molar-refractivity contribution in [2.24, 2.45) is 0 Å². The standard InChI is InChI=1S/C27H30N4O3S/c1-3-31-17(2)28-22-15-18(13-14-23(22)31)26(32)29-30-27(33)25-21(16-35-19-9-5-4-6-10-19)20-11-7-8-12-24(20)34-25/h7-8,11-15,19H,3-6,9-10,16H2,1-2H3,(H,29,32)(H,30,33). The van der Waals surface area contributed by atoms with Crippen molar-refractivity contribution in [1.29, 1.82) is 0 Å². The second-order valence-corrected chi connectivity index (χ2v) is 10.3. The van der Waals surface area contributed by atoms with Gasteiger partial charge in [-0.25, -0.2) is 4.98 Å². The fourth-order valence-electron chi connectivity index (χ4n) is 4.89. The number of hydrogen-bond donors (Lipinski definition) is 2. The summed E-state index contributed by atoms with van der Waals surface area (Å²) in [4.78, 5) is 30.4. The monoisotopic (exact) mass is 490 g/mol. The predicted octanol–water partition coefficient (Wildman–Crippen LogP) is 5.75.